The number of rotatable bonds is 8. The minimum atomic E-state index is -0.701. The van der Waals surface area contributed by atoms with Crippen LogP contribution in [0.4, 0.5) is 5.69 Å². The van der Waals surface area contributed by atoms with Gasteiger partial charge in [-0.1, -0.05) is 49.4 Å². The van der Waals surface area contributed by atoms with E-state index in [1.54, 1.807) is 6.07 Å². The number of hydrogen-bond acceptors (Lipinski definition) is 5. The number of ether oxygens (including phenoxy) is 1. The van der Waals surface area contributed by atoms with Crippen LogP contribution in [-0.4, -0.2) is 30.0 Å². The van der Waals surface area contributed by atoms with Crippen molar-refractivity contribution in [1.29, 1.82) is 0 Å². The number of carbonyl (C=O) groups is 2. The Morgan fingerprint density at radius 2 is 1.93 bits per heavy atom. The van der Waals surface area contributed by atoms with Crippen molar-refractivity contribution in [2.75, 3.05) is 13.2 Å². The van der Waals surface area contributed by atoms with Crippen LogP contribution in [0.3, 0.4) is 0 Å². The van der Waals surface area contributed by atoms with Gasteiger partial charge in [-0.15, -0.1) is 0 Å². The molecule has 0 aliphatic heterocycles. The number of esters is 1. The molecule has 1 atom stereocenters. The van der Waals surface area contributed by atoms with Crippen LogP contribution in [0.1, 0.15) is 24.0 Å². The molecule has 140 valence electrons. The molecule has 0 aliphatic rings. The highest BCUT2D eigenvalue weighted by molar-refractivity contribution is 5.89. The maximum absolute atomic E-state index is 11.8. The monoisotopic (exact) mass is 368 g/mol. The Bertz CT molecular complexity index is 833. The zero-order chi connectivity index (χ0) is 19.6. The number of hydrogen-bond donors (Lipinski definition) is 1. The highest BCUT2D eigenvalue weighted by Gasteiger charge is 2.09. The summed E-state index contributed by atoms with van der Waals surface area (Å²) in [5.41, 5.74) is 1.52. The SMILES string of the molecule is C[C@@H](CNC(=O)COC(=O)/C=C/c1cccc([N+](=O)[O-])c1)c1ccccc1. The van der Waals surface area contributed by atoms with E-state index in [2.05, 4.69) is 5.32 Å². The minimum absolute atomic E-state index is 0.0718. The van der Waals surface area contributed by atoms with Crippen LogP contribution >= 0.6 is 0 Å². The summed E-state index contributed by atoms with van der Waals surface area (Å²) in [6.45, 7) is 2.03. The van der Waals surface area contributed by atoms with Gasteiger partial charge in [-0.05, 0) is 23.1 Å². The summed E-state index contributed by atoms with van der Waals surface area (Å²) in [5, 5.41) is 13.4. The molecule has 0 fully saturated rings. The predicted octanol–water partition coefficient (Wildman–Crippen LogP) is 3.07. The molecule has 0 unspecified atom stereocenters. The third kappa shape index (κ3) is 6.74. The third-order valence-electron chi connectivity index (χ3n) is 3.81. The molecule has 0 spiro atoms. The van der Waals surface area contributed by atoms with E-state index in [1.807, 2.05) is 37.3 Å². The summed E-state index contributed by atoms with van der Waals surface area (Å²) in [7, 11) is 0. The summed E-state index contributed by atoms with van der Waals surface area (Å²) >= 11 is 0. The van der Waals surface area contributed by atoms with Crippen molar-refractivity contribution in [3.05, 3.63) is 81.9 Å². The number of nitro groups is 1. The van der Waals surface area contributed by atoms with Gasteiger partial charge in [0, 0.05) is 24.8 Å². The van der Waals surface area contributed by atoms with E-state index >= 15 is 0 Å². The molecule has 7 heteroatoms. The van der Waals surface area contributed by atoms with Gasteiger partial charge in [0.25, 0.3) is 11.6 Å². The van der Waals surface area contributed by atoms with Crippen LogP contribution in [0, 0.1) is 10.1 Å². The number of nitrogens with zero attached hydrogens (tertiary/aromatic N) is 1. The summed E-state index contributed by atoms with van der Waals surface area (Å²) in [6.07, 6.45) is 2.52. The molecule has 1 amide bonds. The highest BCUT2D eigenvalue weighted by atomic mass is 16.6. The first-order valence-corrected chi connectivity index (χ1v) is 8.36. The van der Waals surface area contributed by atoms with Crippen LogP contribution in [0.15, 0.2) is 60.7 Å². The first-order valence-electron chi connectivity index (χ1n) is 8.36. The van der Waals surface area contributed by atoms with E-state index in [-0.39, 0.29) is 18.2 Å². The number of amides is 1. The smallest absolute Gasteiger partial charge is 0.331 e. The van der Waals surface area contributed by atoms with Crippen molar-refractivity contribution in [2.24, 2.45) is 0 Å². The molecule has 0 aromatic heterocycles. The molecule has 1 N–H and O–H groups in total. The largest absolute Gasteiger partial charge is 0.452 e. The number of non-ortho nitro benzene ring substituents is 1. The Balaban J connectivity index is 1.75. The Morgan fingerprint density at radius 3 is 2.63 bits per heavy atom. The Hall–Kier alpha value is -3.48. The average molecular weight is 368 g/mol. The van der Waals surface area contributed by atoms with Crippen molar-refractivity contribution in [3.8, 4) is 0 Å². The van der Waals surface area contributed by atoms with Crippen molar-refractivity contribution in [3.63, 3.8) is 0 Å². The van der Waals surface area contributed by atoms with E-state index < -0.39 is 16.8 Å². The van der Waals surface area contributed by atoms with Gasteiger partial charge in [0.2, 0.25) is 0 Å². The molecule has 0 saturated heterocycles. The van der Waals surface area contributed by atoms with Crippen molar-refractivity contribution in [1.82, 2.24) is 5.32 Å². The van der Waals surface area contributed by atoms with E-state index in [9.17, 15) is 19.7 Å². The van der Waals surface area contributed by atoms with Crippen LogP contribution in [0.25, 0.3) is 6.08 Å². The second-order valence-corrected chi connectivity index (χ2v) is 5.91. The van der Waals surface area contributed by atoms with E-state index in [0.29, 0.717) is 12.1 Å². The molecule has 0 saturated carbocycles. The summed E-state index contributed by atoms with van der Waals surface area (Å²) in [4.78, 5) is 33.7. The lowest BCUT2D eigenvalue weighted by atomic mass is 10.0. The number of carbonyl (C=O) groups excluding carboxylic acids is 2. The summed E-state index contributed by atoms with van der Waals surface area (Å²) in [6, 6.07) is 15.6. The predicted molar refractivity (Wildman–Crippen MR) is 101 cm³/mol. The average Bonchev–Trinajstić information content (AvgIpc) is 2.69. The molecule has 2 aromatic carbocycles. The molecule has 0 aliphatic carbocycles. The van der Waals surface area contributed by atoms with Crippen LogP contribution in [0.5, 0.6) is 0 Å². The standard InChI is InChI=1S/C20H20N2O5/c1-15(17-7-3-2-4-8-17)13-21-19(23)14-27-20(24)11-10-16-6-5-9-18(12-16)22(25)26/h2-12,15H,13-14H2,1H3,(H,21,23)/b11-10+/t15-/m0/s1. The maximum atomic E-state index is 11.8. The normalized spacial score (nSPS) is 11.7. The molecule has 0 bridgehead atoms. The Morgan fingerprint density at radius 1 is 1.19 bits per heavy atom. The van der Waals surface area contributed by atoms with Crippen molar-refractivity contribution in [2.45, 2.75) is 12.8 Å². The number of nitro benzene ring substituents is 1. The lowest BCUT2D eigenvalue weighted by Crippen LogP contribution is -2.31. The first-order chi connectivity index (χ1) is 13.0. The fourth-order valence-electron chi connectivity index (χ4n) is 2.31. The van der Waals surface area contributed by atoms with Crippen LogP contribution < -0.4 is 5.32 Å². The highest BCUT2D eigenvalue weighted by Crippen LogP contribution is 2.14. The molecule has 7 nitrogen and oxygen atoms in total. The van der Waals surface area contributed by atoms with E-state index in [4.69, 9.17) is 4.74 Å². The fourth-order valence-corrected chi connectivity index (χ4v) is 2.31. The zero-order valence-corrected chi connectivity index (χ0v) is 14.8. The van der Waals surface area contributed by atoms with Crippen molar-refractivity contribution >= 4 is 23.6 Å². The van der Waals surface area contributed by atoms with Gasteiger partial charge in [0.05, 0.1) is 4.92 Å². The topological polar surface area (TPSA) is 98.5 Å². The quantitative estimate of drug-likeness (QED) is 0.334. The van der Waals surface area contributed by atoms with Crippen molar-refractivity contribution < 1.29 is 19.2 Å². The molecule has 27 heavy (non-hydrogen) atoms. The summed E-state index contributed by atoms with van der Waals surface area (Å²) in [5.74, 6) is -0.956. The maximum Gasteiger partial charge on any atom is 0.331 e. The third-order valence-corrected chi connectivity index (χ3v) is 3.81. The van der Waals surface area contributed by atoms with Crippen LogP contribution in [0.2, 0.25) is 0 Å². The van der Waals surface area contributed by atoms with Gasteiger partial charge in [0.1, 0.15) is 0 Å². The molecule has 2 aromatic rings. The molecule has 0 heterocycles. The first kappa shape index (κ1) is 19.8. The van der Waals surface area contributed by atoms with Crippen LogP contribution in [-0.2, 0) is 14.3 Å². The van der Waals surface area contributed by atoms with Gasteiger partial charge >= 0.3 is 5.97 Å². The Kier molecular flexibility index (Phi) is 7.25. The van der Waals surface area contributed by atoms with Gasteiger partial charge in [-0.25, -0.2) is 4.79 Å². The number of nitrogens with one attached hydrogen (secondary N) is 1. The molecule has 2 rings (SSSR count). The summed E-state index contributed by atoms with van der Waals surface area (Å²) < 4.78 is 4.87. The van der Waals surface area contributed by atoms with E-state index in [1.165, 1.54) is 24.3 Å². The minimum Gasteiger partial charge on any atom is -0.452 e. The van der Waals surface area contributed by atoms with Gasteiger partial charge in [-0.2, -0.15) is 0 Å². The van der Waals surface area contributed by atoms with Gasteiger partial charge in [0.15, 0.2) is 6.61 Å². The second kappa shape index (κ2) is 9.86. The lowest BCUT2D eigenvalue weighted by Gasteiger charge is -2.12. The molecular weight excluding hydrogens is 348 g/mol. The van der Waals surface area contributed by atoms with Gasteiger partial charge < -0.3 is 10.1 Å². The number of benzene rings is 2. The zero-order valence-electron chi connectivity index (χ0n) is 14.8. The molecular formula is C20H20N2O5. The Labute approximate surface area is 156 Å². The lowest BCUT2D eigenvalue weighted by molar-refractivity contribution is -0.384. The second-order valence-electron chi connectivity index (χ2n) is 5.91. The fraction of sp³-hybridized carbons (Fsp3) is 0.200. The molecule has 0 radical (unpaired) electrons. The van der Waals surface area contributed by atoms with E-state index in [0.717, 1.165) is 11.6 Å². The van der Waals surface area contributed by atoms with Gasteiger partial charge in [-0.3, -0.25) is 14.9 Å².